The highest BCUT2D eigenvalue weighted by Crippen LogP contribution is 2.26. The molecule has 3 aromatic rings. The van der Waals surface area contributed by atoms with Gasteiger partial charge in [-0.2, -0.15) is 0 Å². The van der Waals surface area contributed by atoms with Gasteiger partial charge < -0.3 is 9.67 Å². The van der Waals surface area contributed by atoms with Crippen LogP contribution in [0.2, 0.25) is 5.02 Å². The van der Waals surface area contributed by atoms with E-state index in [0.29, 0.717) is 12.1 Å². The van der Waals surface area contributed by atoms with Crippen LogP contribution in [0.4, 0.5) is 0 Å². The number of aryl methyl sites for hydroxylation is 1. The van der Waals surface area contributed by atoms with Crippen molar-refractivity contribution in [2.45, 2.75) is 26.3 Å². The Morgan fingerprint density at radius 3 is 2.65 bits per heavy atom. The second-order valence-corrected chi connectivity index (χ2v) is 6.05. The number of aromatic nitrogens is 1. The van der Waals surface area contributed by atoms with E-state index in [1.807, 2.05) is 30.3 Å². The molecule has 0 aliphatic heterocycles. The number of carboxylic acids is 1. The minimum Gasteiger partial charge on any atom is -0.478 e. The van der Waals surface area contributed by atoms with E-state index in [1.54, 1.807) is 12.1 Å². The molecule has 3 nitrogen and oxygen atoms in total. The average Bonchev–Trinajstić information content (AvgIpc) is 2.87. The van der Waals surface area contributed by atoms with Gasteiger partial charge in [-0.25, -0.2) is 4.79 Å². The molecule has 0 spiro atoms. The molecule has 0 saturated heterocycles. The van der Waals surface area contributed by atoms with Crippen molar-refractivity contribution in [3.05, 3.63) is 70.4 Å². The van der Waals surface area contributed by atoms with Crippen LogP contribution >= 0.6 is 11.6 Å². The van der Waals surface area contributed by atoms with Gasteiger partial charge in [0, 0.05) is 22.8 Å². The third-order valence-corrected chi connectivity index (χ3v) is 4.40. The molecule has 1 aromatic heterocycles. The Morgan fingerprint density at radius 1 is 1.17 bits per heavy atom. The summed E-state index contributed by atoms with van der Waals surface area (Å²) >= 11 is 6.30. The lowest BCUT2D eigenvalue weighted by Crippen LogP contribution is -2.05. The number of rotatable bonds is 5. The zero-order valence-corrected chi connectivity index (χ0v) is 13.7. The fourth-order valence-corrected chi connectivity index (χ4v) is 3.09. The molecule has 0 atom stereocenters. The smallest absolute Gasteiger partial charge is 0.335 e. The van der Waals surface area contributed by atoms with Crippen molar-refractivity contribution in [3.63, 3.8) is 0 Å². The monoisotopic (exact) mass is 327 g/mol. The van der Waals surface area contributed by atoms with Crippen LogP contribution in [-0.4, -0.2) is 15.6 Å². The minimum atomic E-state index is -0.908. The predicted molar refractivity (Wildman–Crippen MR) is 93.4 cm³/mol. The standard InChI is InChI=1S/C19H18ClNO2/c1-2-5-16-10-13-8-9-14(19(22)23)11-18(13)21(16)12-15-6-3-4-7-17(15)20/h3-4,6-11H,2,5,12H2,1H3,(H,22,23). The number of carboxylic acid groups (broad SMARTS) is 1. The number of hydrogen-bond donors (Lipinski definition) is 1. The van der Waals surface area contributed by atoms with Gasteiger partial charge in [-0.1, -0.05) is 49.2 Å². The van der Waals surface area contributed by atoms with Crippen LogP contribution < -0.4 is 0 Å². The highest BCUT2D eigenvalue weighted by atomic mass is 35.5. The molecule has 0 aliphatic rings. The van der Waals surface area contributed by atoms with Gasteiger partial charge in [-0.15, -0.1) is 0 Å². The summed E-state index contributed by atoms with van der Waals surface area (Å²) in [4.78, 5) is 11.3. The minimum absolute atomic E-state index is 0.305. The Balaban J connectivity index is 2.15. The summed E-state index contributed by atoms with van der Waals surface area (Å²) in [6.07, 6.45) is 1.98. The summed E-state index contributed by atoms with van der Waals surface area (Å²) in [6.45, 7) is 2.78. The molecule has 118 valence electrons. The number of aromatic carboxylic acids is 1. The molecule has 0 radical (unpaired) electrons. The van der Waals surface area contributed by atoms with Crippen LogP contribution in [0, 0.1) is 0 Å². The van der Waals surface area contributed by atoms with Crippen molar-refractivity contribution in [1.29, 1.82) is 0 Å². The zero-order valence-electron chi connectivity index (χ0n) is 12.9. The van der Waals surface area contributed by atoms with E-state index in [2.05, 4.69) is 17.6 Å². The first-order chi connectivity index (χ1) is 11.1. The molecule has 0 amide bonds. The van der Waals surface area contributed by atoms with Gasteiger partial charge in [0.05, 0.1) is 5.56 Å². The van der Waals surface area contributed by atoms with Crippen LogP contribution in [0.1, 0.15) is 35.0 Å². The quantitative estimate of drug-likeness (QED) is 0.717. The van der Waals surface area contributed by atoms with E-state index >= 15 is 0 Å². The number of halogens is 1. The van der Waals surface area contributed by atoms with E-state index in [9.17, 15) is 9.90 Å². The van der Waals surface area contributed by atoms with Crippen molar-refractivity contribution < 1.29 is 9.90 Å². The van der Waals surface area contributed by atoms with Crippen LogP contribution in [0.5, 0.6) is 0 Å². The van der Waals surface area contributed by atoms with Gasteiger partial charge in [-0.3, -0.25) is 0 Å². The SMILES string of the molecule is CCCc1cc2ccc(C(=O)O)cc2n1Cc1ccccc1Cl. The van der Waals surface area contributed by atoms with Crippen LogP contribution in [0.3, 0.4) is 0 Å². The molecule has 1 heterocycles. The molecule has 3 rings (SSSR count). The average molecular weight is 328 g/mol. The Morgan fingerprint density at radius 2 is 1.96 bits per heavy atom. The van der Waals surface area contributed by atoms with Crippen molar-refractivity contribution in [3.8, 4) is 0 Å². The van der Waals surface area contributed by atoms with E-state index in [1.165, 1.54) is 5.69 Å². The molecule has 0 aliphatic carbocycles. The largest absolute Gasteiger partial charge is 0.478 e. The fourth-order valence-electron chi connectivity index (χ4n) is 2.89. The fraction of sp³-hybridized carbons (Fsp3) is 0.211. The first-order valence-electron chi connectivity index (χ1n) is 7.69. The lowest BCUT2D eigenvalue weighted by atomic mass is 10.1. The topological polar surface area (TPSA) is 42.2 Å². The Labute approximate surface area is 140 Å². The second kappa shape index (κ2) is 6.47. The van der Waals surface area contributed by atoms with Crippen molar-refractivity contribution in [1.82, 2.24) is 4.57 Å². The predicted octanol–water partition coefficient (Wildman–Crippen LogP) is 4.99. The highest BCUT2D eigenvalue weighted by Gasteiger charge is 2.12. The molecule has 0 fully saturated rings. The Kier molecular flexibility index (Phi) is 4.39. The summed E-state index contributed by atoms with van der Waals surface area (Å²) in [5.41, 5.74) is 3.47. The molecule has 1 N–H and O–H groups in total. The maximum Gasteiger partial charge on any atom is 0.335 e. The summed E-state index contributed by atoms with van der Waals surface area (Å²) < 4.78 is 2.17. The second-order valence-electron chi connectivity index (χ2n) is 5.64. The maximum absolute atomic E-state index is 11.3. The number of hydrogen-bond acceptors (Lipinski definition) is 1. The van der Waals surface area contributed by atoms with E-state index in [4.69, 9.17) is 11.6 Å². The molecule has 0 saturated carbocycles. The zero-order chi connectivity index (χ0) is 16.4. The molecule has 0 bridgehead atoms. The maximum atomic E-state index is 11.3. The third kappa shape index (κ3) is 3.10. The van der Waals surface area contributed by atoms with Gasteiger partial charge in [-0.05, 0) is 41.6 Å². The number of nitrogens with zero attached hydrogens (tertiary/aromatic N) is 1. The van der Waals surface area contributed by atoms with Crippen molar-refractivity contribution >= 4 is 28.5 Å². The third-order valence-electron chi connectivity index (χ3n) is 4.03. The molecular weight excluding hydrogens is 310 g/mol. The summed E-state index contributed by atoms with van der Waals surface area (Å²) in [6, 6.07) is 15.2. The number of carbonyl (C=O) groups is 1. The normalized spacial score (nSPS) is 11.0. The van der Waals surface area contributed by atoms with E-state index in [-0.39, 0.29) is 0 Å². The van der Waals surface area contributed by atoms with Gasteiger partial charge in [0.15, 0.2) is 0 Å². The van der Waals surface area contributed by atoms with Crippen molar-refractivity contribution in [2.24, 2.45) is 0 Å². The van der Waals surface area contributed by atoms with Crippen LogP contribution in [-0.2, 0) is 13.0 Å². The van der Waals surface area contributed by atoms with Gasteiger partial charge in [0.25, 0.3) is 0 Å². The van der Waals surface area contributed by atoms with Gasteiger partial charge in [0.1, 0.15) is 0 Å². The first kappa shape index (κ1) is 15.6. The first-order valence-corrected chi connectivity index (χ1v) is 8.07. The highest BCUT2D eigenvalue weighted by molar-refractivity contribution is 6.31. The van der Waals surface area contributed by atoms with Crippen LogP contribution in [0.25, 0.3) is 10.9 Å². The van der Waals surface area contributed by atoms with E-state index in [0.717, 1.165) is 34.3 Å². The lowest BCUT2D eigenvalue weighted by Gasteiger charge is -2.12. The summed E-state index contributed by atoms with van der Waals surface area (Å²) in [7, 11) is 0. The summed E-state index contributed by atoms with van der Waals surface area (Å²) in [5, 5.41) is 11.0. The molecule has 4 heteroatoms. The molecule has 0 unspecified atom stereocenters. The van der Waals surface area contributed by atoms with E-state index < -0.39 is 5.97 Å². The summed E-state index contributed by atoms with van der Waals surface area (Å²) in [5.74, 6) is -0.908. The van der Waals surface area contributed by atoms with Gasteiger partial charge in [0.2, 0.25) is 0 Å². The van der Waals surface area contributed by atoms with Crippen molar-refractivity contribution in [2.75, 3.05) is 0 Å². The lowest BCUT2D eigenvalue weighted by molar-refractivity contribution is 0.0697. The Hall–Kier alpha value is -2.26. The number of fused-ring (bicyclic) bond motifs is 1. The molecular formula is C19H18ClNO2. The van der Waals surface area contributed by atoms with Crippen LogP contribution in [0.15, 0.2) is 48.5 Å². The molecule has 2 aromatic carbocycles. The Bertz CT molecular complexity index is 867. The number of benzene rings is 2. The van der Waals surface area contributed by atoms with Gasteiger partial charge >= 0.3 is 5.97 Å². The molecule has 23 heavy (non-hydrogen) atoms.